The lowest BCUT2D eigenvalue weighted by Gasteiger charge is -2.49. The Morgan fingerprint density at radius 1 is 1.29 bits per heavy atom. The standard InChI is InChI=1S/C10H16O4/c1-7(11)10(14)8(2,12)5-4-6-9(10,3)13/h4-5,12-14H,6H2,1-3H3. The second-order valence-electron chi connectivity index (χ2n) is 4.29. The van der Waals surface area contributed by atoms with E-state index in [0.29, 0.717) is 0 Å². The summed E-state index contributed by atoms with van der Waals surface area (Å²) in [6, 6.07) is 0. The summed E-state index contributed by atoms with van der Waals surface area (Å²) in [6.07, 6.45) is 3.03. The Bertz CT molecular complexity index is 290. The highest BCUT2D eigenvalue weighted by molar-refractivity contribution is 5.88. The molecule has 1 aliphatic rings. The number of ketones is 1. The van der Waals surface area contributed by atoms with Gasteiger partial charge < -0.3 is 15.3 Å². The molecule has 4 nitrogen and oxygen atoms in total. The van der Waals surface area contributed by atoms with Crippen LogP contribution in [0.2, 0.25) is 0 Å². The highest BCUT2D eigenvalue weighted by Gasteiger charge is 2.61. The minimum atomic E-state index is -2.14. The van der Waals surface area contributed by atoms with Crippen molar-refractivity contribution in [3.8, 4) is 0 Å². The van der Waals surface area contributed by atoms with Gasteiger partial charge in [0.25, 0.3) is 0 Å². The molecule has 0 saturated carbocycles. The average molecular weight is 200 g/mol. The predicted molar refractivity (Wildman–Crippen MR) is 50.6 cm³/mol. The summed E-state index contributed by atoms with van der Waals surface area (Å²) in [5.41, 5.74) is -5.52. The molecule has 0 saturated heterocycles. The van der Waals surface area contributed by atoms with E-state index < -0.39 is 22.6 Å². The van der Waals surface area contributed by atoms with Crippen LogP contribution in [-0.2, 0) is 4.79 Å². The molecule has 0 heterocycles. The maximum absolute atomic E-state index is 11.3. The molecule has 3 unspecified atom stereocenters. The Morgan fingerprint density at radius 2 is 1.79 bits per heavy atom. The summed E-state index contributed by atoms with van der Waals surface area (Å²) < 4.78 is 0. The Balaban J connectivity index is 3.33. The van der Waals surface area contributed by atoms with Crippen LogP contribution in [0.3, 0.4) is 0 Å². The van der Waals surface area contributed by atoms with Crippen molar-refractivity contribution in [3.05, 3.63) is 12.2 Å². The molecule has 0 aromatic carbocycles. The number of hydrogen-bond acceptors (Lipinski definition) is 4. The monoisotopic (exact) mass is 200 g/mol. The van der Waals surface area contributed by atoms with Crippen LogP contribution in [-0.4, -0.2) is 37.9 Å². The molecule has 0 aromatic heterocycles. The van der Waals surface area contributed by atoms with Crippen LogP contribution < -0.4 is 0 Å². The fraction of sp³-hybridized carbons (Fsp3) is 0.700. The van der Waals surface area contributed by atoms with Crippen molar-refractivity contribution >= 4 is 5.78 Å². The van der Waals surface area contributed by atoms with Gasteiger partial charge in [0.05, 0.1) is 0 Å². The van der Waals surface area contributed by atoms with E-state index >= 15 is 0 Å². The smallest absolute Gasteiger partial charge is 0.183 e. The third-order valence-corrected chi connectivity index (χ3v) is 2.98. The minimum Gasteiger partial charge on any atom is -0.386 e. The summed E-state index contributed by atoms with van der Waals surface area (Å²) in [5.74, 6) is -0.642. The lowest BCUT2D eigenvalue weighted by Crippen LogP contribution is -2.70. The number of Topliss-reactive ketones (excluding diaryl/α,β-unsaturated/α-hetero) is 1. The van der Waals surface area contributed by atoms with Gasteiger partial charge in [-0.2, -0.15) is 0 Å². The van der Waals surface area contributed by atoms with Gasteiger partial charge in [-0.15, -0.1) is 0 Å². The van der Waals surface area contributed by atoms with Crippen molar-refractivity contribution in [2.45, 2.75) is 44.0 Å². The van der Waals surface area contributed by atoms with Gasteiger partial charge >= 0.3 is 0 Å². The summed E-state index contributed by atoms with van der Waals surface area (Å²) in [4.78, 5) is 11.3. The fourth-order valence-corrected chi connectivity index (χ4v) is 2.07. The molecule has 0 bridgehead atoms. The first-order valence-corrected chi connectivity index (χ1v) is 4.51. The summed E-state index contributed by atoms with van der Waals surface area (Å²) in [7, 11) is 0. The van der Waals surface area contributed by atoms with Gasteiger partial charge in [-0.05, 0) is 27.2 Å². The third-order valence-electron chi connectivity index (χ3n) is 2.98. The fourth-order valence-electron chi connectivity index (χ4n) is 2.07. The van der Waals surface area contributed by atoms with Gasteiger partial charge in [0, 0.05) is 0 Å². The SMILES string of the molecule is CC(=O)C1(O)C(C)(O)C=CCC1(C)O. The molecule has 3 N–H and O–H groups in total. The molecular weight excluding hydrogens is 184 g/mol. The zero-order chi connectivity index (χ0) is 11.2. The zero-order valence-corrected chi connectivity index (χ0v) is 8.61. The Kier molecular flexibility index (Phi) is 2.34. The van der Waals surface area contributed by atoms with Crippen LogP contribution in [0, 0.1) is 0 Å². The van der Waals surface area contributed by atoms with Crippen molar-refractivity contribution in [2.24, 2.45) is 0 Å². The molecule has 14 heavy (non-hydrogen) atoms. The average Bonchev–Trinajstić information content (AvgIpc) is 1.98. The first-order valence-electron chi connectivity index (χ1n) is 4.51. The lowest BCUT2D eigenvalue weighted by molar-refractivity contribution is -0.216. The Morgan fingerprint density at radius 3 is 2.07 bits per heavy atom. The van der Waals surface area contributed by atoms with Crippen LogP contribution in [0.4, 0.5) is 0 Å². The molecular formula is C10H16O4. The molecule has 3 atom stereocenters. The quantitative estimate of drug-likeness (QED) is 0.511. The van der Waals surface area contributed by atoms with Crippen LogP contribution in [0.25, 0.3) is 0 Å². The third kappa shape index (κ3) is 1.22. The van der Waals surface area contributed by atoms with Crippen molar-refractivity contribution < 1.29 is 20.1 Å². The van der Waals surface area contributed by atoms with Gasteiger partial charge in [0.15, 0.2) is 11.4 Å². The van der Waals surface area contributed by atoms with Gasteiger partial charge in [0.1, 0.15) is 11.2 Å². The molecule has 4 heteroatoms. The Hall–Kier alpha value is -0.710. The maximum Gasteiger partial charge on any atom is 0.183 e. The zero-order valence-electron chi connectivity index (χ0n) is 8.61. The highest BCUT2D eigenvalue weighted by Crippen LogP contribution is 2.40. The molecule has 0 amide bonds. The second-order valence-corrected chi connectivity index (χ2v) is 4.29. The van der Waals surface area contributed by atoms with E-state index in [0.717, 1.165) is 6.92 Å². The van der Waals surface area contributed by atoms with Gasteiger partial charge in [0.2, 0.25) is 0 Å². The lowest BCUT2D eigenvalue weighted by atomic mass is 9.65. The molecule has 1 aliphatic carbocycles. The van der Waals surface area contributed by atoms with Crippen LogP contribution >= 0.6 is 0 Å². The molecule has 0 fully saturated rings. The number of rotatable bonds is 1. The maximum atomic E-state index is 11.3. The van der Waals surface area contributed by atoms with Crippen molar-refractivity contribution in [1.82, 2.24) is 0 Å². The van der Waals surface area contributed by atoms with Crippen LogP contribution in [0.5, 0.6) is 0 Å². The first kappa shape index (κ1) is 11.4. The molecule has 80 valence electrons. The predicted octanol–water partition coefficient (Wildman–Crippen LogP) is -0.232. The molecule has 0 radical (unpaired) electrons. The second kappa shape index (κ2) is 2.89. The molecule has 0 spiro atoms. The molecule has 0 aliphatic heterocycles. The van der Waals surface area contributed by atoms with E-state index in [1.807, 2.05) is 0 Å². The normalized spacial score (nSPS) is 47.9. The largest absolute Gasteiger partial charge is 0.386 e. The van der Waals surface area contributed by atoms with Crippen molar-refractivity contribution in [2.75, 3.05) is 0 Å². The minimum absolute atomic E-state index is 0.138. The van der Waals surface area contributed by atoms with E-state index in [9.17, 15) is 20.1 Å². The van der Waals surface area contributed by atoms with Gasteiger partial charge in [-0.25, -0.2) is 0 Å². The van der Waals surface area contributed by atoms with E-state index in [2.05, 4.69) is 0 Å². The van der Waals surface area contributed by atoms with E-state index in [-0.39, 0.29) is 6.42 Å². The van der Waals surface area contributed by atoms with Gasteiger partial charge in [-0.1, -0.05) is 12.2 Å². The number of aliphatic hydroxyl groups is 3. The van der Waals surface area contributed by atoms with Crippen molar-refractivity contribution in [3.63, 3.8) is 0 Å². The summed E-state index contributed by atoms with van der Waals surface area (Å²) in [5, 5.41) is 29.9. The summed E-state index contributed by atoms with van der Waals surface area (Å²) in [6.45, 7) is 3.80. The molecule has 0 aromatic rings. The van der Waals surface area contributed by atoms with Crippen LogP contribution in [0.1, 0.15) is 27.2 Å². The Labute approximate surface area is 82.9 Å². The number of hydrogen-bond donors (Lipinski definition) is 3. The van der Waals surface area contributed by atoms with E-state index in [1.54, 1.807) is 6.08 Å². The molecule has 1 rings (SSSR count). The highest BCUT2D eigenvalue weighted by atomic mass is 16.4. The number of carbonyl (C=O) groups is 1. The topological polar surface area (TPSA) is 77.8 Å². The number of carbonyl (C=O) groups excluding carboxylic acids is 1. The van der Waals surface area contributed by atoms with E-state index in [1.165, 1.54) is 19.9 Å². The van der Waals surface area contributed by atoms with Crippen molar-refractivity contribution in [1.29, 1.82) is 0 Å². The van der Waals surface area contributed by atoms with E-state index in [4.69, 9.17) is 0 Å². The first-order chi connectivity index (χ1) is 6.15. The summed E-state index contributed by atoms with van der Waals surface area (Å²) >= 11 is 0. The van der Waals surface area contributed by atoms with Gasteiger partial charge in [-0.3, -0.25) is 4.79 Å². The van der Waals surface area contributed by atoms with Crippen LogP contribution in [0.15, 0.2) is 12.2 Å².